The van der Waals surface area contributed by atoms with Gasteiger partial charge in [0.05, 0.1) is 11.8 Å². The summed E-state index contributed by atoms with van der Waals surface area (Å²) in [6.45, 7) is 4.12. The van der Waals surface area contributed by atoms with Crippen LogP contribution < -0.4 is 10.6 Å². The van der Waals surface area contributed by atoms with Crippen molar-refractivity contribution in [1.29, 1.82) is 0 Å². The highest BCUT2D eigenvalue weighted by atomic mass is 16.3. The molecule has 0 aliphatic heterocycles. The van der Waals surface area contributed by atoms with E-state index in [2.05, 4.69) is 25.6 Å². The Kier molecular flexibility index (Phi) is 4.67. The van der Waals surface area contributed by atoms with Gasteiger partial charge >= 0.3 is 0 Å². The van der Waals surface area contributed by atoms with E-state index in [9.17, 15) is 9.90 Å². The molecule has 2 heterocycles. The molecule has 1 amide bonds. The van der Waals surface area contributed by atoms with E-state index in [0.29, 0.717) is 29.1 Å². The highest BCUT2D eigenvalue weighted by Crippen LogP contribution is 2.19. The van der Waals surface area contributed by atoms with Crippen LogP contribution in [0, 0.1) is 5.41 Å². The van der Waals surface area contributed by atoms with E-state index in [4.69, 9.17) is 0 Å². The van der Waals surface area contributed by atoms with Gasteiger partial charge in [0.1, 0.15) is 11.3 Å². The van der Waals surface area contributed by atoms with Crippen LogP contribution in [0.25, 0.3) is 11.2 Å². The van der Waals surface area contributed by atoms with Crippen molar-refractivity contribution in [2.75, 3.05) is 18.5 Å². The number of nitrogens with one attached hydrogen (secondary N) is 3. The second kappa shape index (κ2) is 6.90. The van der Waals surface area contributed by atoms with Gasteiger partial charge in [0.15, 0.2) is 5.65 Å². The Hall–Kier alpha value is -2.93. The van der Waals surface area contributed by atoms with Crippen LogP contribution in [0.15, 0.2) is 42.7 Å². The SMILES string of the molecule is CC(C)(CO)CNC(=O)c1c[nH]c2ncc(Nc3ccccc3)nc12. The van der Waals surface area contributed by atoms with E-state index in [1.54, 1.807) is 12.4 Å². The summed E-state index contributed by atoms with van der Waals surface area (Å²) in [7, 11) is 0. The van der Waals surface area contributed by atoms with Crippen molar-refractivity contribution in [2.45, 2.75) is 13.8 Å². The summed E-state index contributed by atoms with van der Waals surface area (Å²) >= 11 is 0. The second-order valence-corrected chi connectivity index (χ2v) is 6.65. The molecule has 0 atom stereocenters. The predicted octanol–water partition coefficient (Wildman–Crippen LogP) is 2.45. The highest BCUT2D eigenvalue weighted by molar-refractivity contribution is 6.04. The number of aliphatic hydroxyl groups is 1. The lowest BCUT2D eigenvalue weighted by Gasteiger charge is -2.21. The number of nitrogens with zero attached hydrogens (tertiary/aromatic N) is 2. The smallest absolute Gasteiger partial charge is 0.255 e. The molecule has 7 heteroatoms. The molecule has 2 aromatic heterocycles. The number of H-pyrrole nitrogens is 1. The molecule has 4 N–H and O–H groups in total. The van der Waals surface area contributed by atoms with Crippen molar-refractivity contribution in [1.82, 2.24) is 20.3 Å². The van der Waals surface area contributed by atoms with Crippen molar-refractivity contribution < 1.29 is 9.90 Å². The zero-order chi connectivity index (χ0) is 17.9. The maximum Gasteiger partial charge on any atom is 0.255 e. The molecule has 130 valence electrons. The van der Waals surface area contributed by atoms with Crippen LogP contribution in [0.1, 0.15) is 24.2 Å². The van der Waals surface area contributed by atoms with Gasteiger partial charge in [-0.2, -0.15) is 0 Å². The number of benzene rings is 1. The average Bonchev–Trinajstić information content (AvgIpc) is 3.04. The van der Waals surface area contributed by atoms with E-state index in [1.165, 1.54) is 0 Å². The number of aromatic amines is 1. The molecular formula is C18H21N5O2. The molecule has 0 aliphatic rings. The second-order valence-electron chi connectivity index (χ2n) is 6.65. The molecule has 0 saturated carbocycles. The van der Waals surface area contributed by atoms with Crippen molar-refractivity contribution in [3.8, 4) is 0 Å². The quantitative estimate of drug-likeness (QED) is 0.552. The first-order chi connectivity index (χ1) is 12.0. The summed E-state index contributed by atoms with van der Waals surface area (Å²) in [6, 6.07) is 9.63. The number of para-hydroxylation sites is 1. The van der Waals surface area contributed by atoms with Crippen LogP contribution in [0.5, 0.6) is 0 Å². The van der Waals surface area contributed by atoms with Crippen molar-refractivity contribution in [2.24, 2.45) is 5.41 Å². The van der Waals surface area contributed by atoms with Crippen LogP contribution in [-0.2, 0) is 0 Å². The summed E-state index contributed by atoms with van der Waals surface area (Å²) < 4.78 is 0. The Morgan fingerprint density at radius 2 is 2.04 bits per heavy atom. The molecule has 0 spiro atoms. The van der Waals surface area contributed by atoms with Gasteiger partial charge in [0.2, 0.25) is 0 Å². The minimum absolute atomic E-state index is 0.00782. The number of aromatic nitrogens is 3. The van der Waals surface area contributed by atoms with Gasteiger partial charge in [-0.3, -0.25) is 4.79 Å². The maximum atomic E-state index is 12.5. The van der Waals surface area contributed by atoms with Crippen LogP contribution >= 0.6 is 0 Å². The fourth-order valence-electron chi connectivity index (χ4n) is 2.26. The zero-order valence-corrected chi connectivity index (χ0v) is 14.2. The third-order valence-corrected chi connectivity index (χ3v) is 3.83. The van der Waals surface area contributed by atoms with Gasteiger partial charge in [0.25, 0.3) is 5.91 Å². The maximum absolute atomic E-state index is 12.5. The van der Waals surface area contributed by atoms with E-state index in [0.717, 1.165) is 5.69 Å². The molecule has 0 radical (unpaired) electrons. The molecule has 0 saturated heterocycles. The molecule has 0 unspecified atom stereocenters. The van der Waals surface area contributed by atoms with E-state index in [-0.39, 0.29) is 17.9 Å². The summed E-state index contributed by atoms with van der Waals surface area (Å²) in [4.78, 5) is 24.2. The van der Waals surface area contributed by atoms with Crippen LogP contribution in [0.3, 0.4) is 0 Å². The third kappa shape index (κ3) is 3.95. The molecule has 0 fully saturated rings. The molecule has 7 nitrogen and oxygen atoms in total. The molecule has 25 heavy (non-hydrogen) atoms. The van der Waals surface area contributed by atoms with Gasteiger partial charge in [-0.15, -0.1) is 0 Å². The number of amides is 1. The molecule has 0 bridgehead atoms. The number of hydrogen-bond donors (Lipinski definition) is 4. The first kappa shape index (κ1) is 16.9. The van der Waals surface area contributed by atoms with Crippen LogP contribution in [0.2, 0.25) is 0 Å². The Bertz CT molecular complexity index is 874. The number of aliphatic hydroxyl groups excluding tert-OH is 1. The number of rotatable bonds is 6. The van der Waals surface area contributed by atoms with Crippen molar-refractivity contribution in [3.63, 3.8) is 0 Å². The fraction of sp³-hybridized carbons (Fsp3) is 0.278. The normalized spacial score (nSPS) is 11.5. The lowest BCUT2D eigenvalue weighted by atomic mass is 9.95. The van der Waals surface area contributed by atoms with Gasteiger partial charge in [0, 0.05) is 30.5 Å². The van der Waals surface area contributed by atoms with Crippen molar-refractivity contribution in [3.05, 3.63) is 48.3 Å². The van der Waals surface area contributed by atoms with Crippen LogP contribution in [0.4, 0.5) is 11.5 Å². The lowest BCUT2D eigenvalue weighted by Crippen LogP contribution is -2.36. The number of anilines is 2. The largest absolute Gasteiger partial charge is 0.396 e. The van der Waals surface area contributed by atoms with Gasteiger partial charge in [-0.25, -0.2) is 9.97 Å². The van der Waals surface area contributed by atoms with Gasteiger partial charge in [-0.1, -0.05) is 32.0 Å². The molecule has 3 rings (SSSR count). The zero-order valence-electron chi connectivity index (χ0n) is 14.2. The number of carbonyl (C=O) groups excluding carboxylic acids is 1. The first-order valence-electron chi connectivity index (χ1n) is 8.04. The standard InChI is InChI=1S/C18H21N5O2/c1-18(2,11-24)10-21-17(25)13-8-19-16-15(13)23-14(9-20-16)22-12-6-4-3-5-7-12/h3-9,24H,10-11H2,1-2H3,(H,19,20)(H,21,25)(H,22,23). The van der Waals surface area contributed by atoms with Crippen molar-refractivity contribution >= 4 is 28.6 Å². The Morgan fingerprint density at radius 1 is 1.28 bits per heavy atom. The fourth-order valence-corrected chi connectivity index (χ4v) is 2.26. The van der Waals surface area contributed by atoms with Gasteiger partial charge < -0.3 is 20.7 Å². The summed E-state index contributed by atoms with van der Waals surface area (Å²) in [6.07, 6.45) is 3.21. The Balaban J connectivity index is 1.82. The minimum Gasteiger partial charge on any atom is -0.396 e. The van der Waals surface area contributed by atoms with Gasteiger partial charge in [-0.05, 0) is 12.1 Å². The minimum atomic E-state index is -0.381. The van der Waals surface area contributed by atoms with E-state index in [1.807, 2.05) is 44.2 Å². The summed E-state index contributed by atoms with van der Waals surface area (Å²) in [5, 5.41) is 15.3. The highest BCUT2D eigenvalue weighted by Gasteiger charge is 2.20. The predicted molar refractivity (Wildman–Crippen MR) is 96.8 cm³/mol. The lowest BCUT2D eigenvalue weighted by molar-refractivity contribution is 0.0912. The number of carbonyl (C=O) groups is 1. The number of hydrogen-bond acceptors (Lipinski definition) is 5. The summed E-state index contributed by atoms with van der Waals surface area (Å²) in [5.74, 6) is 0.307. The van der Waals surface area contributed by atoms with E-state index < -0.39 is 0 Å². The number of fused-ring (bicyclic) bond motifs is 1. The third-order valence-electron chi connectivity index (χ3n) is 3.83. The molecule has 1 aromatic carbocycles. The molecule has 3 aromatic rings. The molecular weight excluding hydrogens is 318 g/mol. The first-order valence-corrected chi connectivity index (χ1v) is 8.04. The molecule has 0 aliphatic carbocycles. The monoisotopic (exact) mass is 339 g/mol. The Morgan fingerprint density at radius 3 is 2.76 bits per heavy atom. The topological polar surface area (TPSA) is 103 Å². The average molecular weight is 339 g/mol. The summed E-state index contributed by atoms with van der Waals surface area (Å²) in [5.41, 5.74) is 1.98. The van der Waals surface area contributed by atoms with E-state index >= 15 is 0 Å². The van der Waals surface area contributed by atoms with Crippen LogP contribution in [-0.4, -0.2) is 39.1 Å². The Labute approximate surface area is 145 Å².